The zero-order valence-electron chi connectivity index (χ0n) is 17.3. The second-order valence-electron chi connectivity index (χ2n) is 7.04. The van der Waals surface area contributed by atoms with Crippen molar-refractivity contribution in [3.8, 4) is 11.5 Å². The Morgan fingerprint density at radius 2 is 1.00 bits per heavy atom. The smallest absolute Gasteiger partial charge is 0.240 e. The van der Waals surface area contributed by atoms with Crippen molar-refractivity contribution in [3.05, 3.63) is 59.7 Å². The predicted molar refractivity (Wildman–Crippen MR) is 120 cm³/mol. The van der Waals surface area contributed by atoms with Crippen molar-refractivity contribution < 1.29 is 19.8 Å². The molecule has 0 aliphatic carbocycles. The minimum absolute atomic E-state index is 0.138. The fraction of sp³-hybridized carbons (Fsp3) is 0.304. The molecule has 2 amide bonds. The second kappa shape index (κ2) is 13.5. The lowest BCUT2D eigenvalue weighted by molar-refractivity contribution is -0.121. The number of hydrogen-bond donors (Lipinski definition) is 4. The maximum absolute atomic E-state index is 11.7. The van der Waals surface area contributed by atoms with Crippen molar-refractivity contribution in [1.82, 2.24) is 10.9 Å². The van der Waals surface area contributed by atoms with E-state index in [1.807, 2.05) is 0 Å². The highest BCUT2D eigenvalue weighted by Crippen LogP contribution is 2.09. The molecule has 0 aliphatic rings. The molecule has 2 rings (SSSR count). The molecule has 164 valence electrons. The topological polar surface area (TPSA) is 123 Å². The van der Waals surface area contributed by atoms with Gasteiger partial charge in [0.25, 0.3) is 0 Å². The quantitative estimate of drug-likeness (QED) is 0.237. The number of hydrogen-bond acceptors (Lipinski definition) is 6. The molecule has 0 bridgehead atoms. The first-order valence-electron chi connectivity index (χ1n) is 10.2. The molecule has 0 saturated carbocycles. The normalized spacial score (nSPS) is 11.1. The Morgan fingerprint density at radius 1 is 0.645 bits per heavy atom. The molecule has 0 spiro atoms. The highest BCUT2D eigenvalue weighted by molar-refractivity contribution is 5.83. The molecule has 4 N–H and O–H groups in total. The first kappa shape index (κ1) is 23.6. The number of hydrazone groups is 2. The van der Waals surface area contributed by atoms with E-state index in [1.165, 1.54) is 12.4 Å². The number of nitrogens with zero attached hydrogens (tertiary/aromatic N) is 2. The van der Waals surface area contributed by atoms with Crippen molar-refractivity contribution in [2.75, 3.05) is 0 Å². The van der Waals surface area contributed by atoms with Gasteiger partial charge in [0, 0.05) is 12.8 Å². The lowest BCUT2D eigenvalue weighted by atomic mass is 10.1. The number of benzene rings is 2. The Balaban J connectivity index is 1.46. The summed E-state index contributed by atoms with van der Waals surface area (Å²) < 4.78 is 0. The first-order chi connectivity index (χ1) is 15.0. The molecule has 31 heavy (non-hydrogen) atoms. The summed E-state index contributed by atoms with van der Waals surface area (Å²) in [6.45, 7) is 0. The molecule has 0 fully saturated rings. The van der Waals surface area contributed by atoms with Gasteiger partial charge in [0.15, 0.2) is 0 Å². The Labute approximate surface area is 181 Å². The highest BCUT2D eigenvalue weighted by Gasteiger charge is 2.01. The van der Waals surface area contributed by atoms with E-state index in [0.717, 1.165) is 43.2 Å². The number of phenolic OH excluding ortho intramolecular Hbond substituents is 2. The van der Waals surface area contributed by atoms with E-state index >= 15 is 0 Å². The molecule has 0 unspecified atom stereocenters. The van der Waals surface area contributed by atoms with E-state index < -0.39 is 0 Å². The average molecular weight is 425 g/mol. The summed E-state index contributed by atoms with van der Waals surface area (Å²) in [4.78, 5) is 23.5. The van der Waals surface area contributed by atoms with Gasteiger partial charge in [-0.1, -0.05) is 19.3 Å². The van der Waals surface area contributed by atoms with E-state index in [0.29, 0.717) is 12.8 Å². The number of phenols is 2. The molecule has 2 aromatic carbocycles. The van der Waals surface area contributed by atoms with Gasteiger partial charge in [0.05, 0.1) is 12.4 Å². The van der Waals surface area contributed by atoms with Crippen molar-refractivity contribution in [2.45, 2.75) is 44.9 Å². The number of unbranched alkanes of at least 4 members (excludes halogenated alkanes) is 4. The molecule has 0 aliphatic heterocycles. The van der Waals surface area contributed by atoms with Gasteiger partial charge in [0.2, 0.25) is 11.8 Å². The van der Waals surface area contributed by atoms with Gasteiger partial charge in [-0.05, 0) is 72.5 Å². The fourth-order valence-corrected chi connectivity index (χ4v) is 2.69. The summed E-state index contributed by atoms with van der Waals surface area (Å²) in [5.74, 6) is 0.0867. The van der Waals surface area contributed by atoms with Gasteiger partial charge in [-0.3, -0.25) is 9.59 Å². The van der Waals surface area contributed by atoms with Crippen LogP contribution in [0.25, 0.3) is 0 Å². The minimum Gasteiger partial charge on any atom is -0.508 e. The number of nitrogens with one attached hydrogen (secondary N) is 2. The van der Waals surface area contributed by atoms with Gasteiger partial charge < -0.3 is 10.2 Å². The van der Waals surface area contributed by atoms with Crippen LogP contribution >= 0.6 is 0 Å². The van der Waals surface area contributed by atoms with E-state index in [2.05, 4.69) is 21.1 Å². The first-order valence-corrected chi connectivity index (χ1v) is 10.2. The maximum Gasteiger partial charge on any atom is 0.240 e. The highest BCUT2D eigenvalue weighted by atomic mass is 16.3. The number of carbonyl (C=O) groups is 2. The van der Waals surface area contributed by atoms with Gasteiger partial charge >= 0.3 is 0 Å². The third-order valence-electron chi connectivity index (χ3n) is 4.40. The molecule has 0 atom stereocenters. The third kappa shape index (κ3) is 10.6. The largest absolute Gasteiger partial charge is 0.508 e. The summed E-state index contributed by atoms with van der Waals surface area (Å²) >= 11 is 0. The van der Waals surface area contributed by atoms with Crippen LogP contribution in [0.2, 0.25) is 0 Å². The van der Waals surface area contributed by atoms with Crippen molar-refractivity contribution >= 4 is 24.2 Å². The Hall–Kier alpha value is -3.68. The molecule has 0 radical (unpaired) electrons. The average Bonchev–Trinajstić information content (AvgIpc) is 2.76. The number of rotatable bonds is 12. The van der Waals surface area contributed by atoms with E-state index in [4.69, 9.17) is 0 Å². The van der Waals surface area contributed by atoms with Crippen LogP contribution in [-0.4, -0.2) is 34.5 Å². The summed E-state index contributed by atoms with van der Waals surface area (Å²) in [6, 6.07) is 13.0. The van der Waals surface area contributed by atoms with Crippen LogP contribution in [0.5, 0.6) is 11.5 Å². The number of carbonyl (C=O) groups excluding carboxylic acids is 2. The van der Waals surface area contributed by atoms with Crippen LogP contribution < -0.4 is 10.9 Å². The van der Waals surface area contributed by atoms with E-state index in [9.17, 15) is 19.8 Å². The summed E-state index contributed by atoms with van der Waals surface area (Å²) in [5.41, 5.74) is 6.54. The number of aromatic hydroxyl groups is 2. The van der Waals surface area contributed by atoms with Crippen LogP contribution in [0.4, 0.5) is 0 Å². The molecule has 8 nitrogen and oxygen atoms in total. The lowest BCUT2D eigenvalue weighted by Crippen LogP contribution is -2.17. The minimum atomic E-state index is -0.138. The molecular formula is C23H28N4O4. The number of amides is 2. The summed E-state index contributed by atoms with van der Waals surface area (Å²) in [7, 11) is 0. The van der Waals surface area contributed by atoms with Crippen LogP contribution in [0, 0.1) is 0 Å². The predicted octanol–water partition coefficient (Wildman–Crippen LogP) is 3.43. The summed E-state index contributed by atoms with van der Waals surface area (Å²) in [6.07, 6.45) is 8.17. The molecule has 8 heteroatoms. The Kier molecular flexibility index (Phi) is 10.3. The zero-order valence-corrected chi connectivity index (χ0v) is 17.3. The zero-order chi connectivity index (χ0) is 22.3. The monoisotopic (exact) mass is 424 g/mol. The Morgan fingerprint density at radius 3 is 1.39 bits per heavy atom. The van der Waals surface area contributed by atoms with Crippen LogP contribution in [-0.2, 0) is 9.59 Å². The van der Waals surface area contributed by atoms with E-state index in [-0.39, 0.29) is 23.3 Å². The van der Waals surface area contributed by atoms with Crippen molar-refractivity contribution in [1.29, 1.82) is 0 Å². The molecule has 0 heterocycles. The van der Waals surface area contributed by atoms with Crippen molar-refractivity contribution in [3.63, 3.8) is 0 Å². The molecular weight excluding hydrogens is 396 g/mol. The molecule has 2 aromatic rings. The third-order valence-corrected chi connectivity index (χ3v) is 4.40. The fourth-order valence-electron chi connectivity index (χ4n) is 2.69. The van der Waals surface area contributed by atoms with Crippen LogP contribution in [0.3, 0.4) is 0 Å². The lowest BCUT2D eigenvalue weighted by Gasteiger charge is -2.02. The van der Waals surface area contributed by atoms with Gasteiger partial charge in [-0.15, -0.1) is 0 Å². The molecule has 0 aromatic heterocycles. The van der Waals surface area contributed by atoms with E-state index in [1.54, 1.807) is 48.5 Å². The van der Waals surface area contributed by atoms with Gasteiger partial charge in [-0.25, -0.2) is 10.9 Å². The maximum atomic E-state index is 11.7. The molecule has 0 saturated heterocycles. The van der Waals surface area contributed by atoms with Crippen LogP contribution in [0.15, 0.2) is 58.7 Å². The summed E-state index contributed by atoms with van der Waals surface area (Å²) in [5, 5.41) is 26.2. The Bertz CT molecular complexity index is 804. The van der Waals surface area contributed by atoms with Gasteiger partial charge in [-0.2, -0.15) is 10.2 Å². The SMILES string of the molecule is O=C(CCCCCCCC(=O)N/N=C\c1ccc(O)cc1)N/N=C\c1ccc(O)cc1. The van der Waals surface area contributed by atoms with Gasteiger partial charge in [0.1, 0.15) is 11.5 Å². The van der Waals surface area contributed by atoms with Crippen LogP contribution in [0.1, 0.15) is 56.1 Å². The van der Waals surface area contributed by atoms with Crippen molar-refractivity contribution in [2.24, 2.45) is 10.2 Å². The second-order valence-corrected chi connectivity index (χ2v) is 7.04. The standard InChI is InChI=1S/C23H28N4O4/c28-20-12-8-18(9-13-20)16-24-26-22(30)6-4-2-1-3-5-7-23(31)27-25-17-19-10-14-21(29)15-11-19/h8-17,28-29H,1-7H2,(H,26,30)(H,27,31)/b24-16-,25-17-.